The lowest BCUT2D eigenvalue weighted by atomic mass is 10.2. The van der Waals surface area contributed by atoms with E-state index >= 15 is 0 Å². The van der Waals surface area contributed by atoms with Crippen molar-refractivity contribution in [2.75, 3.05) is 12.3 Å². The number of hydrogen-bond acceptors (Lipinski definition) is 7. The minimum atomic E-state index is -0.581. The van der Waals surface area contributed by atoms with Gasteiger partial charge >= 0.3 is 0 Å². The molecule has 3 rings (SSSR count). The van der Waals surface area contributed by atoms with Crippen LogP contribution in [-0.2, 0) is 9.26 Å². The fraction of sp³-hybridized carbons (Fsp3) is 0.500. The van der Waals surface area contributed by atoms with Gasteiger partial charge in [0.05, 0.1) is 19.0 Å². The molecule has 0 bridgehead atoms. The Morgan fingerprint density at radius 2 is 2.37 bits per heavy atom. The number of anilines is 1. The lowest BCUT2D eigenvalue weighted by Gasteiger charge is -2.14. The monoisotopic (exact) mass is 283 g/mol. The number of nitrogens with two attached hydrogens (primary N) is 1. The van der Waals surface area contributed by atoms with E-state index in [9.17, 15) is 5.11 Å². The zero-order valence-electron chi connectivity index (χ0n) is 10.0. The Hall–Kier alpha value is -1.34. The number of ether oxygens (including phenoxy) is 1. The fourth-order valence-electron chi connectivity index (χ4n) is 2.21. The zero-order chi connectivity index (χ0) is 13.4. The van der Waals surface area contributed by atoms with Crippen LogP contribution in [-0.4, -0.2) is 43.4 Å². The molecule has 3 N–H and O–H groups in total. The number of aliphatic hydroxyl groups is 1. The molecule has 2 unspecified atom stereocenters. The van der Waals surface area contributed by atoms with Gasteiger partial charge in [-0.3, -0.25) is 4.57 Å². The average molecular weight is 283 g/mol. The number of nitrogen functional groups attached to an aromatic ring is 1. The predicted molar refractivity (Wildman–Crippen MR) is 69.9 cm³/mol. The van der Waals surface area contributed by atoms with Crippen molar-refractivity contribution in [3.05, 3.63) is 12.7 Å². The summed E-state index contributed by atoms with van der Waals surface area (Å²) in [5.41, 5.74) is 6.86. The first-order valence-corrected chi connectivity index (χ1v) is 6.26. The first-order valence-electron chi connectivity index (χ1n) is 5.79. The van der Waals surface area contributed by atoms with E-state index in [0.717, 1.165) is 0 Å². The van der Waals surface area contributed by atoms with E-state index in [1.807, 2.05) is 0 Å². The van der Waals surface area contributed by atoms with Gasteiger partial charge < -0.3 is 20.1 Å². The number of aliphatic hydroxyl groups excluding tert-OH is 1. The van der Waals surface area contributed by atoms with Crippen LogP contribution in [0.4, 0.5) is 5.82 Å². The van der Waals surface area contributed by atoms with Crippen LogP contribution in [0.15, 0.2) is 12.7 Å². The maximum absolute atomic E-state index is 9.91. The van der Waals surface area contributed by atoms with Crippen LogP contribution in [0.25, 0.3) is 11.2 Å². The second-order valence-electron chi connectivity index (χ2n) is 4.35. The van der Waals surface area contributed by atoms with Gasteiger partial charge in [0, 0.05) is 15.9 Å². The molecule has 8 nitrogen and oxygen atoms in total. The maximum Gasteiger partial charge on any atom is 0.167 e. The second kappa shape index (κ2) is 4.97. The van der Waals surface area contributed by atoms with E-state index in [1.54, 1.807) is 10.9 Å². The molecule has 2 aromatic heterocycles. The van der Waals surface area contributed by atoms with Gasteiger partial charge in [0.15, 0.2) is 11.5 Å². The SMILES string of the molecule is Nc1ncnc2c1ncn2[C@H]1CC(O)[C@@H](COP)O1. The van der Waals surface area contributed by atoms with Crippen molar-refractivity contribution in [1.82, 2.24) is 19.5 Å². The number of aromatic nitrogens is 4. The van der Waals surface area contributed by atoms with Crippen molar-refractivity contribution in [2.24, 2.45) is 0 Å². The van der Waals surface area contributed by atoms with Gasteiger partial charge in [-0.25, -0.2) is 15.0 Å². The standard InChI is InChI=1S/C10H14N5O3P/c11-9-8-10(13-3-12-9)15(4-14-8)7-1-5(16)6(18-7)2-17-19/h3-7,16H,1-2,19H2,(H2,11,12,13)/t5?,6-,7-/m1/s1. The number of imidazole rings is 1. The van der Waals surface area contributed by atoms with E-state index in [4.69, 9.17) is 15.0 Å². The molecule has 4 atom stereocenters. The van der Waals surface area contributed by atoms with Crippen LogP contribution < -0.4 is 5.73 Å². The van der Waals surface area contributed by atoms with Gasteiger partial charge in [-0.2, -0.15) is 0 Å². The first-order chi connectivity index (χ1) is 9.20. The van der Waals surface area contributed by atoms with Crippen LogP contribution in [0.3, 0.4) is 0 Å². The summed E-state index contributed by atoms with van der Waals surface area (Å²) in [6, 6.07) is 0. The Bertz CT molecular complexity index is 592. The van der Waals surface area contributed by atoms with Gasteiger partial charge in [0.1, 0.15) is 24.2 Å². The highest BCUT2D eigenvalue weighted by molar-refractivity contribution is 7.09. The molecule has 9 heteroatoms. The van der Waals surface area contributed by atoms with Crippen LogP contribution >= 0.6 is 9.47 Å². The third-order valence-corrected chi connectivity index (χ3v) is 3.35. The summed E-state index contributed by atoms with van der Waals surface area (Å²) in [6.45, 7) is 0.312. The molecule has 1 aliphatic heterocycles. The van der Waals surface area contributed by atoms with Crippen LogP contribution in [0.1, 0.15) is 12.6 Å². The van der Waals surface area contributed by atoms with Gasteiger partial charge in [0.2, 0.25) is 0 Å². The lowest BCUT2D eigenvalue weighted by molar-refractivity contribution is -0.0353. The van der Waals surface area contributed by atoms with Crippen molar-refractivity contribution in [3.8, 4) is 0 Å². The summed E-state index contributed by atoms with van der Waals surface area (Å²) in [4.78, 5) is 12.2. The molecule has 3 heterocycles. The number of hydrogen-bond donors (Lipinski definition) is 2. The lowest BCUT2D eigenvalue weighted by Crippen LogP contribution is -2.24. The van der Waals surface area contributed by atoms with E-state index < -0.39 is 6.10 Å². The van der Waals surface area contributed by atoms with Crippen molar-refractivity contribution in [1.29, 1.82) is 0 Å². The third-order valence-electron chi connectivity index (χ3n) is 3.16. The molecule has 2 aromatic rings. The molecule has 0 spiro atoms. The number of fused-ring (bicyclic) bond motifs is 1. The Balaban J connectivity index is 1.91. The minimum absolute atomic E-state index is 0.312. The predicted octanol–water partition coefficient (Wildman–Crippen LogP) is -0.136. The van der Waals surface area contributed by atoms with Crippen molar-refractivity contribution in [2.45, 2.75) is 24.9 Å². The van der Waals surface area contributed by atoms with Gasteiger partial charge in [-0.05, 0) is 0 Å². The molecular formula is C10H14N5O3P. The molecule has 0 radical (unpaired) electrons. The normalized spacial score (nSPS) is 27.2. The topological polar surface area (TPSA) is 108 Å². The van der Waals surface area contributed by atoms with Gasteiger partial charge in [0.25, 0.3) is 0 Å². The molecule has 0 amide bonds. The number of nitrogens with zero attached hydrogens (tertiary/aromatic N) is 4. The largest absolute Gasteiger partial charge is 0.390 e. The smallest absolute Gasteiger partial charge is 0.167 e. The summed E-state index contributed by atoms with van der Waals surface area (Å²) in [5.74, 6) is 0.326. The molecule has 0 aliphatic carbocycles. The Morgan fingerprint density at radius 3 is 3.16 bits per heavy atom. The van der Waals surface area contributed by atoms with Gasteiger partial charge in [-0.15, -0.1) is 0 Å². The quantitative estimate of drug-likeness (QED) is 0.755. The van der Waals surface area contributed by atoms with Crippen LogP contribution in [0, 0.1) is 0 Å². The molecule has 1 saturated heterocycles. The molecule has 0 aromatic carbocycles. The van der Waals surface area contributed by atoms with Crippen molar-refractivity contribution < 1.29 is 14.4 Å². The third kappa shape index (κ3) is 2.17. The van der Waals surface area contributed by atoms with Crippen molar-refractivity contribution >= 4 is 26.4 Å². The fourth-order valence-corrected chi connectivity index (χ4v) is 2.40. The molecule has 1 fully saturated rings. The van der Waals surface area contributed by atoms with Crippen LogP contribution in [0.5, 0.6) is 0 Å². The highest BCUT2D eigenvalue weighted by Crippen LogP contribution is 2.31. The zero-order valence-corrected chi connectivity index (χ0v) is 11.2. The number of rotatable bonds is 3. The highest BCUT2D eigenvalue weighted by Gasteiger charge is 2.35. The average Bonchev–Trinajstić information content (AvgIpc) is 2.95. The summed E-state index contributed by atoms with van der Waals surface area (Å²) >= 11 is 0. The summed E-state index contributed by atoms with van der Waals surface area (Å²) in [7, 11) is 2.14. The van der Waals surface area contributed by atoms with E-state index in [0.29, 0.717) is 30.0 Å². The van der Waals surface area contributed by atoms with Crippen molar-refractivity contribution in [3.63, 3.8) is 0 Å². The van der Waals surface area contributed by atoms with Crippen LogP contribution in [0.2, 0.25) is 0 Å². The van der Waals surface area contributed by atoms with E-state index in [-0.39, 0.29) is 12.3 Å². The minimum Gasteiger partial charge on any atom is -0.390 e. The molecule has 19 heavy (non-hydrogen) atoms. The van der Waals surface area contributed by atoms with Gasteiger partial charge in [-0.1, -0.05) is 0 Å². The summed E-state index contributed by atoms with van der Waals surface area (Å²) in [6.07, 6.45) is 2.15. The molecule has 1 aliphatic rings. The highest BCUT2D eigenvalue weighted by atomic mass is 31.0. The molecule has 102 valence electrons. The molecular weight excluding hydrogens is 269 g/mol. The maximum atomic E-state index is 9.91. The summed E-state index contributed by atoms with van der Waals surface area (Å²) < 4.78 is 12.4. The Morgan fingerprint density at radius 1 is 1.53 bits per heavy atom. The second-order valence-corrected chi connectivity index (χ2v) is 4.68. The first kappa shape index (κ1) is 12.7. The summed E-state index contributed by atoms with van der Waals surface area (Å²) in [5, 5.41) is 9.91. The Kier molecular flexibility index (Phi) is 3.32. The van der Waals surface area contributed by atoms with E-state index in [1.165, 1.54) is 6.33 Å². The molecule has 0 saturated carbocycles. The van der Waals surface area contributed by atoms with E-state index in [2.05, 4.69) is 24.4 Å². The Labute approximate surface area is 111 Å².